The zero-order chi connectivity index (χ0) is 12.4. The first-order chi connectivity index (χ1) is 7.60. The molecule has 0 aromatic rings. The van der Waals surface area contributed by atoms with Crippen LogP contribution in [-0.4, -0.2) is 19.1 Å². The van der Waals surface area contributed by atoms with E-state index in [1.807, 2.05) is 13.8 Å². The molecule has 1 unspecified atom stereocenters. The van der Waals surface area contributed by atoms with E-state index in [-0.39, 0.29) is 5.97 Å². The second kappa shape index (κ2) is 8.57. The van der Waals surface area contributed by atoms with Crippen LogP contribution in [0.4, 0.5) is 0 Å². The van der Waals surface area contributed by atoms with Crippen LogP contribution < -0.4 is 5.73 Å². The van der Waals surface area contributed by atoms with Gasteiger partial charge in [0.1, 0.15) is 0 Å². The Balaban J connectivity index is 3.64. The highest BCUT2D eigenvalue weighted by Crippen LogP contribution is 2.21. The summed E-state index contributed by atoms with van der Waals surface area (Å²) in [5.41, 5.74) is 5.09. The van der Waals surface area contributed by atoms with Gasteiger partial charge in [-0.05, 0) is 19.8 Å². The van der Waals surface area contributed by atoms with E-state index in [0.29, 0.717) is 13.2 Å². The van der Waals surface area contributed by atoms with E-state index in [4.69, 9.17) is 10.5 Å². The van der Waals surface area contributed by atoms with Crippen molar-refractivity contribution < 1.29 is 9.53 Å². The van der Waals surface area contributed by atoms with Crippen LogP contribution in [0, 0.1) is 5.41 Å². The van der Waals surface area contributed by atoms with E-state index < -0.39 is 5.41 Å². The molecule has 3 nitrogen and oxygen atoms in total. The second-order valence-corrected chi connectivity index (χ2v) is 4.67. The van der Waals surface area contributed by atoms with Crippen molar-refractivity contribution in [1.29, 1.82) is 0 Å². The molecule has 0 aliphatic rings. The summed E-state index contributed by atoms with van der Waals surface area (Å²) in [4.78, 5) is 11.7. The molecule has 0 aromatic heterocycles. The molecule has 0 aromatic carbocycles. The summed E-state index contributed by atoms with van der Waals surface area (Å²) < 4.78 is 5.25. The normalized spacial score (nSPS) is 14.5. The maximum Gasteiger partial charge on any atom is 0.313 e. The molecule has 0 saturated carbocycles. The third kappa shape index (κ3) is 5.50. The van der Waals surface area contributed by atoms with Crippen molar-refractivity contribution in [3.05, 3.63) is 0 Å². The van der Waals surface area contributed by atoms with Gasteiger partial charge in [0.25, 0.3) is 0 Å². The van der Waals surface area contributed by atoms with Crippen molar-refractivity contribution >= 4 is 5.97 Å². The van der Waals surface area contributed by atoms with Gasteiger partial charge >= 0.3 is 5.97 Å². The summed E-state index contributed by atoms with van der Waals surface area (Å²) in [6.45, 7) is 6.92. The molecule has 3 heteroatoms. The van der Waals surface area contributed by atoms with E-state index in [2.05, 4.69) is 6.92 Å². The van der Waals surface area contributed by atoms with Gasteiger partial charge < -0.3 is 10.5 Å². The summed E-state index contributed by atoms with van der Waals surface area (Å²) in [6, 6.07) is 0. The highest BCUT2D eigenvalue weighted by molar-refractivity contribution is 5.76. The Labute approximate surface area is 99.7 Å². The van der Waals surface area contributed by atoms with Gasteiger partial charge in [0.15, 0.2) is 0 Å². The van der Waals surface area contributed by atoms with Crippen LogP contribution >= 0.6 is 0 Å². The fourth-order valence-corrected chi connectivity index (χ4v) is 1.42. The zero-order valence-corrected chi connectivity index (χ0v) is 11.1. The maximum atomic E-state index is 11.7. The van der Waals surface area contributed by atoms with Crippen LogP contribution in [-0.2, 0) is 9.53 Å². The topological polar surface area (TPSA) is 52.3 Å². The molecule has 0 amide bonds. The highest BCUT2D eigenvalue weighted by Gasteiger charge is 2.31. The van der Waals surface area contributed by atoms with Gasteiger partial charge in [-0.2, -0.15) is 0 Å². The number of esters is 1. The molecule has 0 radical (unpaired) electrons. The molecular weight excluding hydrogens is 202 g/mol. The minimum Gasteiger partial charge on any atom is -0.465 e. The highest BCUT2D eigenvalue weighted by atomic mass is 16.5. The van der Waals surface area contributed by atoms with Gasteiger partial charge in [0, 0.05) is 6.54 Å². The lowest BCUT2D eigenvalue weighted by Gasteiger charge is -2.23. The van der Waals surface area contributed by atoms with Crippen LogP contribution in [0.1, 0.15) is 59.3 Å². The molecule has 1 atom stereocenters. The van der Waals surface area contributed by atoms with E-state index in [0.717, 1.165) is 19.3 Å². The molecule has 0 rings (SSSR count). The van der Waals surface area contributed by atoms with Crippen molar-refractivity contribution in [3.63, 3.8) is 0 Å². The second-order valence-electron chi connectivity index (χ2n) is 4.67. The summed E-state index contributed by atoms with van der Waals surface area (Å²) >= 11 is 0. The molecule has 0 aliphatic heterocycles. The van der Waals surface area contributed by atoms with Gasteiger partial charge in [-0.15, -0.1) is 0 Å². The predicted octanol–water partition coefficient (Wildman–Crippen LogP) is 2.88. The monoisotopic (exact) mass is 229 g/mol. The average Bonchev–Trinajstić information content (AvgIpc) is 2.32. The summed E-state index contributed by atoms with van der Waals surface area (Å²) in [5.74, 6) is -0.145. The van der Waals surface area contributed by atoms with Crippen molar-refractivity contribution in [2.24, 2.45) is 11.1 Å². The van der Waals surface area contributed by atoms with Gasteiger partial charge in [0.05, 0.1) is 12.0 Å². The molecule has 0 aliphatic carbocycles. The lowest BCUT2D eigenvalue weighted by atomic mass is 9.88. The zero-order valence-electron chi connectivity index (χ0n) is 11.1. The summed E-state index contributed by atoms with van der Waals surface area (Å²) in [7, 11) is 0. The van der Waals surface area contributed by atoms with Gasteiger partial charge in [0.2, 0.25) is 0 Å². The Bertz CT molecular complexity index is 188. The Kier molecular flexibility index (Phi) is 8.26. The van der Waals surface area contributed by atoms with E-state index in [1.54, 1.807) is 0 Å². The summed E-state index contributed by atoms with van der Waals surface area (Å²) in [5, 5.41) is 0. The summed E-state index contributed by atoms with van der Waals surface area (Å²) in [6.07, 6.45) is 6.58. The molecule has 0 saturated heterocycles. The standard InChI is InChI=1S/C13H27NO2/c1-4-6-7-8-9-10-16-12(15)13(3,5-2)11-14/h4-11,14H2,1-3H3. The minimum atomic E-state index is -0.497. The van der Waals surface area contributed by atoms with Gasteiger partial charge in [-0.1, -0.05) is 39.5 Å². The number of nitrogens with two attached hydrogens (primary N) is 1. The third-order valence-electron chi connectivity index (χ3n) is 3.20. The van der Waals surface area contributed by atoms with Crippen molar-refractivity contribution in [2.75, 3.05) is 13.2 Å². The quantitative estimate of drug-likeness (QED) is 0.488. The number of carbonyl (C=O) groups excluding carboxylic acids is 1. The first kappa shape index (κ1) is 15.4. The first-order valence-corrected chi connectivity index (χ1v) is 6.48. The fourth-order valence-electron chi connectivity index (χ4n) is 1.42. The van der Waals surface area contributed by atoms with Crippen molar-refractivity contribution in [3.8, 4) is 0 Å². The number of rotatable bonds is 9. The van der Waals surface area contributed by atoms with Crippen LogP contribution in [0.5, 0.6) is 0 Å². The van der Waals surface area contributed by atoms with Crippen LogP contribution in [0.3, 0.4) is 0 Å². The smallest absolute Gasteiger partial charge is 0.313 e. The van der Waals surface area contributed by atoms with E-state index in [9.17, 15) is 4.79 Å². The molecule has 0 heterocycles. The number of carbonyl (C=O) groups is 1. The molecule has 0 bridgehead atoms. The maximum absolute atomic E-state index is 11.7. The number of hydrogen-bond acceptors (Lipinski definition) is 3. The lowest BCUT2D eigenvalue weighted by Crippen LogP contribution is -2.36. The largest absolute Gasteiger partial charge is 0.465 e. The molecule has 96 valence electrons. The number of hydrogen-bond donors (Lipinski definition) is 1. The number of unbranched alkanes of at least 4 members (excludes halogenated alkanes) is 4. The van der Waals surface area contributed by atoms with Crippen LogP contribution in [0.15, 0.2) is 0 Å². The Hall–Kier alpha value is -0.570. The molecule has 2 N–H and O–H groups in total. The molecule has 0 spiro atoms. The lowest BCUT2D eigenvalue weighted by molar-refractivity contribution is -0.154. The van der Waals surface area contributed by atoms with Crippen molar-refractivity contribution in [1.82, 2.24) is 0 Å². The van der Waals surface area contributed by atoms with E-state index in [1.165, 1.54) is 19.3 Å². The van der Waals surface area contributed by atoms with Crippen molar-refractivity contribution in [2.45, 2.75) is 59.3 Å². The molecule has 0 fully saturated rings. The minimum absolute atomic E-state index is 0.145. The Morgan fingerprint density at radius 3 is 2.31 bits per heavy atom. The predicted molar refractivity (Wildman–Crippen MR) is 67.2 cm³/mol. The average molecular weight is 229 g/mol. The van der Waals surface area contributed by atoms with Gasteiger partial charge in [-0.3, -0.25) is 4.79 Å². The molecule has 16 heavy (non-hydrogen) atoms. The Morgan fingerprint density at radius 2 is 1.81 bits per heavy atom. The number of ether oxygens (including phenoxy) is 1. The third-order valence-corrected chi connectivity index (χ3v) is 3.20. The first-order valence-electron chi connectivity index (χ1n) is 6.48. The van der Waals surface area contributed by atoms with E-state index >= 15 is 0 Å². The fraction of sp³-hybridized carbons (Fsp3) is 0.923. The molecular formula is C13H27NO2. The van der Waals surface area contributed by atoms with Crippen LogP contribution in [0.25, 0.3) is 0 Å². The SMILES string of the molecule is CCCCCCCOC(=O)C(C)(CC)CN. The van der Waals surface area contributed by atoms with Gasteiger partial charge in [-0.25, -0.2) is 0 Å². The Morgan fingerprint density at radius 1 is 1.19 bits per heavy atom. The van der Waals surface area contributed by atoms with Crippen LogP contribution in [0.2, 0.25) is 0 Å².